The molecule has 0 saturated carbocycles. The maximum absolute atomic E-state index is 5.74. The van der Waals surface area contributed by atoms with Gasteiger partial charge in [0, 0.05) is 24.0 Å². The number of rotatable bonds is 3. The fraction of sp³-hybridized carbons (Fsp3) is 0.231. The summed E-state index contributed by atoms with van der Waals surface area (Å²) < 4.78 is 5.55. The molecule has 2 aromatic heterocycles. The third-order valence-electron chi connectivity index (χ3n) is 2.39. The third-order valence-corrected chi connectivity index (χ3v) is 2.39. The number of nitrogens with two attached hydrogens (primary N) is 1. The molecule has 0 aliphatic rings. The molecule has 0 radical (unpaired) electrons. The van der Waals surface area contributed by atoms with Crippen molar-refractivity contribution < 1.29 is 4.74 Å². The van der Waals surface area contributed by atoms with Gasteiger partial charge < -0.3 is 10.5 Å². The highest BCUT2D eigenvalue weighted by molar-refractivity contribution is 5.27. The molecule has 0 saturated heterocycles. The van der Waals surface area contributed by atoms with Crippen molar-refractivity contribution in [2.75, 3.05) is 0 Å². The summed E-state index contributed by atoms with van der Waals surface area (Å²) in [5.41, 5.74) is 7.68. The van der Waals surface area contributed by atoms with Crippen molar-refractivity contribution in [3.8, 4) is 11.6 Å². The van der Waals surface area contributed by atoms with Crippen LogP contribution in [0.2, 0.25) is 0 Å². The normalized spacial score (nSPS) is 12.2. The Morgan fingerprint density at radius 3 is 2.47 bits per heavy atom. The van der Waals surface area contributed by atoms with Gasteiger partial charge in [-0.05, 0) is 31.5 Å². The number of hydrogen-bond donors (Lipinski definition) is 1. The van der Waals surface area contributed by atoms with Crippen LogP contribution in [-0.2, 0) is 0 Å². The van der Waals surface area contributed by atoms with E-state index in [1.807, 2.05) is 32.0 Å². The largest absolute Gasteiger partial charge is 0.437 e. The summed E-state index contributed by atoms with van der Waals surface area (Å²) in [6.07, 6.45) is 3.40. The van der Waals surface area contributed by atoms with Gasteiger partial charge in [0.15, 0.2) is 0 Å². The van der Waals surface area contributed by atoms with E-state index in [-0.39, 0.29) is 6.04 Å². The maximum atomic E-state index is 5.74. The van der Waals surface area contributed by atoms with Crippen LogP contribution in [0.1, 0.15) is 24.2 Å². The Morgan fingerprint density at radius 2 is 1.94 bits per heavy atom. The van der Waals surface area contributed by atoms with Crippen molar-refractivity contribution in [1.29, 1.82) is 0 Å². The van der Waals surface area contributed by atoms with E-state index in [0.29, 0.717) is 11.6 Å². The van der Waals surface area contributed by atoms with Crippen molar-refractivity contribution in [2.45, 2.75) is 19.9 Å². The molecule has 1 atom stereocenters. The smallest absolute Gasteiger partial charge is 0.219 e. The van der Waals surface area contributed by atoms with Crippen molar-refractivity contribution in [1.82, 2.24) is 9.97 Å². The molecule has 17 heavy (non-hydrogen) atoms. The van der Waals surface area contributed by atoms with Crippen molar-refractivity contribution in [3.05, 3.63) is 47.9 Å². The zero-order valence-corrected chi connectivity index (χ0v) is 9.92. The Labute approximate surface area is 100 Å². The Hall–Kier alpha value is -1.94. The van der Waals surface area contributed by atoms with Crippen molar-refractivity contribution in [3.63, 3.8) is 0 Å². The molecule has 0 aliphatic heterocycles. The molecule has 0 aromatic carbocycles. The predicted molar refractivity (Wildman–Crippen MR) is 65.9 cm³/mol. The van der Waals surface area contributed by atoms with Gasteiger partial charge >= 0.3 is 0 Å². The van der Waals surface area contributed by atoms with Gasteiger partial charge in [-0.1, -0.05) is 6.07 Å². The number of pyridine rings is 2. The second-order valence-electron chi connectivity index (χ2n) is 3.96. The van der Waals surface area contributed by atoms with Gasteiger partial charge in [-0.15, -0.1) is 0 Å². The first-order valence-corrected chi connectivity index (χ1v) is 5.47. The van der Waals surface area contributed by atoms with Gasteiger partial charge in [0.25, 0.3) is 0 Å². The number of aromatic nitrogens is 2. The summed E-state index contributed by atoms with van der Waals surface area (Å²) in [5.74, 6) is 1.22. The lowest BCUT2D eigenvalue weighted by atomic mass is 10.2. The van der Waals surface area contributed by atoms with E-state index in [2.05, 4.69) is 9.97 Å². The van der Waals surface area contributed by atoms with Crippen LogP contribution in [0.5, 0.6) is 11.6 Å². The minimum atomic E-state index is -0.0161. The summed E-state index contributed by atoms with van der Waals surface area (Å²) in [6.45, 7) is 3.85. The molecule has 4 nitrogen and oxygen atoms in total. The topological polar surface area (TPSA) is 61.0 Å². The predicted octanol–water partition coefficient (Wildman–Crippen LogP) is 2.60. The van der Waals surface area contributed by atoms with Gasteiger partial charge in [-0.3, -0.25) is 4.98 Å². The Morgan fingerprint density at radius 1 is 1.12 bits per heavy atom. The lowest BCUT2D eigenvalue weighted by Crippen LogP contribution is -2.05. The minimum absolute atomic E-state index is 0.0161. The van der Waals surface area contributed by atoms with E-state index in [4.69, 9.17) is 10.5 Å². The zero-order chi connectivity index (χ0) is 12.3. The first-order chi connectivity index (χ1) is 8.15. The highest BCUT2D eigenvalue weighted by Crippen LogP contribution is 2.19. The molecule has 0 unspecified atom stereocenters. The van der Waals surface area contributed by atoms with E-state index < -0.39 is 0 Å². The summed E-state index contributed by atoms with van der Waals surface area (Å²) in [6, 6.07) is 7.46. The summed E-state index contributed by atoms with van der Waals surface area (Å²) in [5, 5.41) is 0. The van der Waals surface area contributed by atoms with Crippen LogP contribution in [0.3, 0.4) is 0 Å². The summed E-state index contributed by atoms with van der Waals surface area (Å²) >= 11 is 0. The molecule has 88 valence electrons. The van der Waals surface area contributed by atoms with Crippen LogP contribution >= 0.6 is 0 Å². The molecule has 0 aliphatic carbocycles. The average Bonchev–Trinajstić information content (AvgIpc) is 2.33. The van der Waals surface area contributed by atoms with Crippen LogP contribution in [-0.4, -0.2) is 9.97 Å². The number of hydrogen-bond acceptors (Lipinski definition) is 4. The van der Waals surface area contributed by atoms with Crippen molar-refractivity contribution in [2.24, 2.45) is 5.73 Å². The van der Waals surface area contributed by atoms with E-state index >= 15 is 0 Å². The lowest BCUT2D eigenvalue weighted by Gasteiger charge is -2.07. The van der Waals surface area contributed by atoms with Gasteiger partial charge in [0.05, 0.1) is 6.20 Å². The second kappa shape index (κ2) is 4.93. The molecule has 0 bridgehead atoms. The third kappa shape index (κ3) is 3.01. The molecule has 2 heterocycles. The maximum Gasteiger partial charge on any atom is 0.219 e. The fourth-order valence-electron chi connectivity index (χ4n) is 1.36. The SMILES string of the molecule is Cc1ccc(Oc2ccc([C@@H](C)N)cn2)cn1. The first kappa shape index (κ1) is 11.5. The van der Waals surface area contributed by atoms with Gasteiger partial charge in [0.1, 0.15) is 5.75 Å². The van der Waals surface area contributed by atoms with Gasteiger partial charge in [-0.2, -0.15) is 0 Å². The summed E-state index contributed by atoms with van der Waals surface area (Å²) in [7, 11) is 0. The Kier molecular flexibility index (Phi) is 3.35. The molecule has 0 fully saturated rings. The van der Waals surface area contributed by atoms with Crippen LogP contribution in [0, 0.1) is 6.92 Å². The van der Waals surface area contributed by atoms with E-state index in [0.717, 1.165) is 11.3 Å². The minimum Gasteiger partial charge on any atom is -0.437 e. The van der Waals surface area contributed by atoms with Crippen LogP contribution in [0.25, 0.3) is 0 Å². The Balaban J connectivity index is 2.11. The molecule has 2 aromatic rings. The first-order valence-electron chi connectivity index (χ1n) is 5.47. The fourth-order valence-corrected chi connectivity index (χ4v) is 1.36. The van der Waals surface area contributed by atoms with Gasteiger partial charge in [-0.25, -0.2) is 4.98 Å². The standard InChI is InChI=1S/C13H15N3O/c1-9-3-5-12(8-15-9)17-13-6-4-11(7-16-13)10(2)14/h3-8,10H,14H2,1-2H3/t10-/m1/s1. The number of nitrogens with zero attached hydrogens (tertiary/aromatic N) is 2. The number of aryl methyl sites for hydroxylation is 1. The van der Waals surface area contributed by atoms with E-state index in [1.54, 1.807) is 18.5 Å². The lowest BCUT2D eigenvalue weighted by molar-refractivity contribution is 0.460. The van der Waals surface area contributed by atoms with Crippen LogP contribution in [0.15, 0.2) is 36.7 Å². The highest BCUT2D eigenvalue weighted by atomic mass is 16.5. The zero-order valence-electron chi connectivity index (χ0n) is 9.92. The van der Waals surface area contributed by atoms with E-state index in [9.17, 15) is 0 Å². The highest BCUT2D eigenvalue weighted by Gasteiger charge is 2.02. The molecular formula is C13H15N3O. The molecule has 4 heteroatoms. The average molecular weight is 229 g/mol. The molecule has 0 spiro atoms. The molecular weight excluding hydrogens is 214 g/mol. The van der Waals surface area contributed by atoms with Crippen molar-refractivity contribution >= 4 is 0 Å². The summed E-state index contributed by atoms with van der Waals surface area (Å²) in [4.78, 5) is 8.34. The number of ether oxygens (including phenoxy) is 1. The molecule has 0 amide bonds. The second-order valence-corrected chi connectivity index (χ2v) is 3.96. The van der Waals surface area contributed by atoms with Crippen LogP contribution in [0.4, 0.5) is 0 Å². The quantitative estimate of drug-likeness (QED) is 0.878. The van der Waals surface area contributed by atoms with E-state index in [1.165, 1.54) is 0 Å². The molecule has 2 N–H and O–H groups in total. The van der Waals surface area contributed by atoms with Crippen LogP contribution < -0.4 is 10.5 Å². The molecule has 2 rings (SSSR count). The monoisotopic (exact) mass is 229 g/mol. The Bertz CT molecular complexity index is 477. The van der Waals surface area contributed by atoms with Gasteiger partial charge in [0.2, 0.25) is 5.88 Å².